The summed E-state index contributed by atoms with van der Waals surface area (Å²) in [5.41, 5.74) is 3.15. The van der Waals surface area contributed by atoms with Gasteiger partial charge in [-0.25, -0.2) is 5.01 Å². The summed E-state index contributed by atoms with van der Waals surface area (Å²) in [6, 6.07) is 5.86. The molecule has 0 aliphatic carbocycles. The van der Waals surface area contributed by atoms with E-state index in [-0.39, 0.29) is 24.3 Å². The lowest BCUT2D eigenvalue weighted by Crippen LogP contribution is -2.45. The standard InChI is InChI=1S/C18H23N3O3/c1-12-3-4-13(2)16(11-12)21-17(23)6-5-15(19-21)18(24)20-9-7-14(22)8-10-20/h3-4,11,14,22H,5-10H2,1-2H3. The van der Waals surface area contributed by atoms with Crippen LogP contribution in [0.15, 0.2) is 23.3 Å². The van der Waals surface area contributed by atoms with E-state index in [2.05, 4.69) is 5.10 Å². The number of nitrogens with zero attached hydrogens (tertiary/aromatic N) is 3. The number of anilines is 1. The minimum Gasteiger partial charge on any atom is -0.393 e. The maximum Gasteiger partial charge on any atom is 0.270 e. The second-order valence-electron chi connectivity index (χ2n) is 6.57. The number of aliphatic hydroxyl groups excluding tert-OH is 1. The van der Waals surface area contributed by atoms with Crippen molar-refractivity contribution in [2.45, 2.75) is 45.6 Å². The molecule has 1 N–H and O–H groups in total. The van der Waals surface area contributed by atoms with Crippen LogP contribution in [0.25, 0.3) is 0 Å². The monoisotopic (exact) mass is 329 g/mol. The Kier molecular flexibility index (Phi) is 4.66. The number of rotatable bonds is 2. The van der Waals surface area contributed by atoms with E-state index >= 15 is 0 Å². The Hall–Kier alpha value is -2.21. The molecule has 3 rings (SSSR count). The molecular formula is C18H23N3O3. The van der Waals surface area contributed by atoms with E-state index in [0.29, 0.717) is 38.1 Å². The number of aryl methyl sites for hydroxylation is 2. The van der Waals surface area contributed by atoms with Gasteiger partial charge >= 0.3 is 0 Å². The molecule has 0 radical (unpaired) electrons. The molecule has 0 saturated carbocycles. The lowest BCUT2D eigenvalue weighted by molar-refractivity contribution is -0.126. The third-order valence-electron chi connectivity index (χ3n) is 4.62. The van der Waals surface area contributed by atoms with Crippen molar-refractivity contribution in [1.82, 2.24) is 4.90 Å². The Balaban J connectivity index is 1.85. The first-order valence-corrected chi connectivity index (χ1v) is 8.40. The minimum absolute atomic E-state index is 0.0886. The second kappa shape index (κ2) is 6.73. The number of amides is 2. The summed E-state index contributed by atoms with van der Waals surface area (Å²) in [5, 5.41) is 15.3. The van der Waals surface area contributed by atoms with Gasteiger partial charge in [-0.3, -0.25) is 9.59 Å². The molecule has 0 spiro atoms. The average Bonchev–Trinajstić information content (AvgIpc) is 2.58. The lowest BCUT2D eigenvalue weighted by atomic mass is 10.1. The van der Waals surface area contributed by atoms with Crippen molar-refractivity contribution in [2.24, 2.45) is 5.10 Å². The molecule has 2 aliphatic rings. The lowest BCUT2D eigenvalue weighted by Gasteiger charge is -2.31. The fourth-order valence-corrected chi connectivity index (χ4v) is 3.09. The predicted molar refractivity (Wildman–Crippen MR) is 91.9 cm³/mol. The SMILES string of the molecule is Cc1ccc(C)c(N2N=C(C(=O)N3CCC(O)CC3)CCC2=O)c1. The number of likely N-dealkylation sites (tertiary alicyclic amines) is 1. The molecule has 0 bridgehead atoms. The van der Waals surface area contributed by atoms with Gasteiger partial charge in [-0.05, 0) is 43.9 Å². The number of aliphatic hydroxyl groups is 1. The number of benzene rings is 1. The molecule has 1 aromatic carbocycles. The molecule has 0 unspecified atom stereocenters. The number of hydrazone groups is 1. The normalized spacial score (nSPS) is 19.5. The largest absolute Gasteiger partial charge is 0.393 e. The van der Waals surface area contributed by atoms with Crippen molar-refractivity contribution in [3.63, 3.8) is 0 Å². The molecular weight excluding hydrogens is 306 g/mol. The number of hydrogen-bond acceptors (Lipinski definition) is 4. The number of carbonyl (C=O) groups excluding carboxylic acids is 2. The molecule has 0 atom stereocenters. The summed E-state index contributed by atoms with van der Waals surface area (Å²) in [7, 11) is 0. The van der Waals surface area contributed by atoms with E-state index in [0.717, 1.165) is 16.8 Å². The first kappa shape index (κ1) is 16.6. The van der Waals surface area contributed by atoms with Crippen molar-refractivity contribution in [3.8, 4) is 0 Å². The van der Waals surface area contributed by atoms with Gasteiger partial charge in [0.1, 0.15) is 5.71 Å². The molecule has 1 saturated heterocycles. The highest BCUT2D eigenvalue weighted by Crippen LogP contribution is 2.26. The van der Waals surface area contributed by atoms with Crippen LogP contribution in [0.2, 0.25) is 0 Å². The van der Waals surface area contributed by atoms with Crippen LogP contribution in [0.3, 0.4) is 0 Å². The summed E-state index contributed by atoms with van der Waals surface area (Å²) in [5.74, 6) is -0.209. The Morgan fingerprint density at radius 3 is 2.62 bits per heavy atom. The third kappa shape index (κ3) is 3.33. The number of hydrogen-bond donors (Lipinski definition) is 1. The Morgan fingerprint density at radius 2 is 1.92 bits per heavy atom. The van der Waals surface area contributed by atoms with Gasteiger partial charge in [-0.2, -0.15) is 5.10 Å². The van der Waals surface area contributed by atoms with Gasteiger partial charge in [-0.1, -0.05) is 12.1 Å². The maximum absolute atomic E-state index is 12.7. The summed E-state index contributed by atoms with van der Waals surface area (Å²) >= 11 is 0. The topological polar surface area (TPSA) is 73.2 Å². The zero-order valence-electron chi connectivity index (χ0n) is 14.2. The summed E-state index contributed by atoms with van der Waals surface area (Å²) in [6.07, 6.45) is 1.53. The fourth-order valence-electron chi connectivity index (χ4n) is 3.09. The van der Waals surface area contributed by atoms with Gasteiger partial charge in [0.15, 0.2) is 0 Å². The van der Waals surface area contributed by atoms with Crippen molar-refractivity contribution in [3.05, 3.63) is 29.3 Å². The molecule has 2 aliphatic heterocycles. The third-order valence-corrected chi connectivity index (χ3v) is 4.62. The predicted octanol–water partition coefficient (Wildman–Crippen LogP) is 1.77. The van der Waals surface area contributed by atoms with Crippen LogP contribution < -0.4 is 5.01 Å². The summed E-state index contributed by atoms with van der Waals surface area (Å²) in [4.78, 5) is 26.7. The molecule has 1 fully saturated rings. The van der Waals surface area contributed by atoms with Gasteiger partial charge < -0.3 is 10.0 Å². The van der Waals surface area contributed by atoms with Crippen molar-refractivity contribution < 1.29 is 14.7 Å². The quantitative estimate of drug-likeness (QED) is 0.899. The van der Waals surface area contributed by atoms with E-state index in [1.165, 1.54) is 5.01 Å². The molecule has 6 nitrogen and oxygen atoms in total. The first-order chi connectivity index (χ1) is 11.5. The van der Waals surface area contributed by atoms with Gasteiger partial charge in [0, 0.05) is 25.9 Å². The summed E-state index contributed by atoms with van der Waals surface area (Å²) in [6.45, 7) is 4.97. The first-order valence-electron chi connectivity index (χ1n) is 8.40. The summed E-state index contributed by atoms with van der Waals surface area (Å²) < 4.78 is 0. The van der Waals surface area contributed by atoms with Crippen LogP contribution in [-0.4, -0.2) is 46.7 Å². The molecule has 2 heterocycles. The Morgan fingerprint density at radius 1 is 1.21 bits per heavy atom. The molecule has 0 aromatic heterocycles. The van der Waals surface area contributed by atoms with Crippen LogP contribution in [0, 0.1) is 13.8 Å². The molecule has 1 aromatic rings. The van der Waals surface area contributed by atoms with E-state index < -0.39 is 0 Å². The number of piperidine rings is 1. The fraction of sp³-hybridized carbons (Fsp3) is 0.500. The molecule has 2 amide bonds. The number of carbonyl (C=O) groups is 2. The zero-order chi connectivity index (χ0) is 17.3. The Labute approximate surface area is 141 Å². The maximum atomic E-state index is 12.7. The van der Waals surface area contributed by atoms with E-state index in [1.54, 1.807) is 4.90 Å². The second-order valence-corrected chi connectivity index (χ2v) is 6.57. The van der Waals surface area contributed by atoms with Gasteiger partial charge in [-0.15, -0.1) is 0 Å². The van der Waals surface area contributed by atoms with E-state index in [4.69, 9.17) is 0 Å². The van der Waals surface area contributed by atoms with Gasteiger partial charge in [0.05, 0.1) is 11.8 Å². The van der Waals surface area contributed by atoms with Gasteiger partial charge in [0.2, 0.25) is 5.91 Å². The van der Waals surface area contributed by atoms with Crippen LogP contribution in [-0.2, 0) is 9.59 Å². The van der Waals surface area contributed by atoms with Crippen LogP contribution in [0.4, 0.5) is 5.69 Å². The highest BCUT2D eigenvalue weighted by atomic mass is 16.3. The van der Waals surface area contributed by atoms with E-state index in [1.807, 2.05) is 32.0 Å². The van der Waals surface area contributed by atoms with Crippen molar-refractivity contribution in [2.75, 3.05) is 18.1 Å². The smallest absolute Gasteiger partial charge is 0.270 e. The zero-order valence-corrected chi connectivity index (χ0v) is 14.2. The molecule has 6 heteroatoms. The minimum atomic E-state index is -0.324. The van der Waals surface area contributed by atoms with Crippen LogP contribution in [0.5, 0.6) is 0 Å². The highest BCUT2D eigenvalue weighted by molar-refractivity contribution is 6.40. The Bertz CT molecular complexity index is 691. The van der Waals surface area contributed by atoms with Crippen molar-refractivity contribution in [1.29, 1.82) is 0 Å². The molecule has 128 valence electrons. The van der Waals surface area contributed by atoms with Crippen LogP contribution >= 0.6 is 0 Å². The van der Waals surface area contributed by atoms with Crippen molar-refractivity contribution >= 4 is 23.2 Å². The van der Waals surface area contributed by atoms with Crippen LogP contribution in [0.1, 0.15) is 36.8 Å². The van der Waals surface area contributed by atoms with Gasteiger partial charge in [0.25, 0.3) is 5.91 Å². The highest BCUT2D eigenvalue weighted by Gasteiger charge is 2.30. The van der Waals surface area contributed by atoms with E-state index in [9.17, 15) is 14.7 Å². The average molecular weight is 329 g/mol. The molecule has 24 heavy (non-hydrogen) atoms.